The van der Waals surface area contributed by atoms with Gasteiger partial charge in [-0.25, -0.2) is 13.8 Å². The summed E-state index contributed by atoms with van der Waals surface area (Å²) in [5.41, 5.74) is 0.498. The van der Waals surface area contributed by atoms with Gasteiger partial charge in [-0.15, -0.1) is 0 Å². The van der Waals surface area contributed by atoms with Crippen LogP contribution in [-0.4, -0.2) is 16.0 Å². The lowest BCUT2D eigenvalue weighted by atomic mass is 10.3. The fourth-order valence-corrected chi connectivity index (χ4v) is 1.48. The highest BCUT2D eigenvalue weighted by molar-refractivity contribution is 6.29. The molecule has 0 aromatic carbocycles. The van der Waals surface area contributed by atoms with Crippen LogP contribution in [0.1, 0.15) is 0 Å². The number of hydrogen-bond donors (Lipinski definition) is 0. The Hall–Kier alpha value is -1.16. The van der Waals surface area contributed by atoms with Crippen LogP contribution < -0.4 is 0 Å². The lowest BCUT2D eigenvalue weighted by molar-refractivity contribution is 0.128. The third-order valence-corrected chi connectivity index (χ3v) is 2.12. The topological polar surface area (TPSA) is 17.8 Å². The van der Waals surface area contributed by atoms with E-state index in [4.69, 9.17) is 11.6 Å². The van der Waals surface area contributed by atoms with E-state index in [1.54, 1.807) is 24.4 Å². The Balaban J connectivity index is 2.50. The fourth-order valence-electron chi connectivity index (χ4n) is 1.33. The third-order valence-electron chi connectivity index (χ3n) is 1.91. The number of fused-ring (bicyclic) bond motifs is 1. The molecule has 2 rings (SSSR count). The average molecular weight is 217 g/mol. The number of alkyl halides is 2. The van der Waals surface area contributed by atoms with E-state index in [0.29, 0.717) is 10.8 Å². The summed E-state index contributed by atoms with van der Waals surface area (Å²) in [5.74, 6) is 0. The molecule has 2 aromatic heterocycles. The van der Waals surface area contributed by atoms with Crippen LogP contribution >= 0.6 is 11.6 Å². The zero-order chi connectivity index (χ0) is 10.1. The Morgan fingerprint density at radius 3 is 2.86 bits per heavy atom. The molecule has 0 atom stereocenters. The van der Waals surface area contributed by atoms with Crippen LogP contribution in [0.25, 0.3) is 11.0 Å². The smallest absolute Gasteiger partial charge is 0.256 e. The molecule has 0 spiro atoms. The number of hydrogen-bond acceptors (Lipinski definition) is 1. The molecule has 0 aliphatic heterocycles. The summed E-state index contributed by atoms with van der Waals surface area (Å²) in [6.07, 6.45) is -0.799. The van der Waals surface area contributed by atoms with Gasteiger partial charge in [0.2, 0.25) is 0 Å². The van der Waals surface area contributed by atoms with E-state index in [1.807, 2.05) is 0 Å². The van der Waals surface area contributed by atoms with Crippen LogP contribution in [0.4, 0.5) is 8.78 Å². The molecular weight excluding hydrogens is 210 g/mol. The lowest BCUT2D eigenvalue weighted by Gasteiger charge is -2.02. The van der Waals surface area contributed by atoms with E-state index in [-0.39, 0.29) is 6.54 Å². The lowest BCUT2D eigenvalue weighted by Crippen LogP contribution is -2.05. The van der Waals surface area contributed by atoms with E-state index in [1.165, 1.54) is 4.57 Å². The highest BCUT2D eigenvalue weighted by atomic mass is 35.5. The molecule has 14 heavy (non-hydrogen) atoms. The first kappa shape index (κ1) is 9.40. The van der Waals surface area contributed by atoms with Crippen LogP contribution in [-0.2, 0) is 6.54 Å². The summed E-state index contributed by atoms with van der Waals surface area (Å²) in [5, 5.41) is 1.13. The maximum absolute atomic E-state index is 12.1. The second kappa shape index (κ2) is 3.53. The zero-order valence-corrected chi connectivity index (χ0v) is 7.88. The van der Waals surface area contributed by atoms with Gasteiger partial charge in [-0.3, -0.25) is 0 Å². The molecule has 0 saturated heterocycles. The minimum atomic E-state index is -2.38. The van der Waals surface area contributed by atoms with E-state index in [0.717, 1.165) is 5.39 Å². The minimum Gasteiger partial charge on any atom is -0.327 e. The molecule has 2 aromatic rings. The van der Waals surface area contributed by atoms with Crippen molar-refractivity contribution in [2.75, 3.05) is 0 Å². The van der Waals surface area contributed by atoms with Crippen LogP contribution in [0, 0.1) is 0 Å². The fraction of sp³-hybridized carbons (Fsp3) is 0.222. The number of pyridine rings is 1. The summed E-state index contributed by atoms with van der Waals surface area (Å²) in [6, 6.07) is 5.13. The van der Waals surface area contributed by atoms with E-state index in [9.17, 15) is 8.78 Å². The first-order chi connectivity index (χ1) is 6.66. The molecule has 0 bridgehead atoms. The zero-order valence-electron chi connectivity index (χ0n) is 7.12. The summed E-state index contributed by atoms with van der Waals surface area (Å²) >= 11 is 5.67. The summed E-state index contributed by atoms with van der Waals surface area (Å²) < 4.78 is 25.7. The monoisotopic (exact) mass is 216 g/mol. The standard InChI is InChI=1S/C9H7ClF2N2/c10-7-2-1-6-3-4-14(5-8(11)12)9(6)13-7/h1-4,8H,5H2. The quantitative estimate of drug-likeness (QED) is 0.706. The molecule has 0 unspecified atom stereocenters. The Morgan fingerprint density at radius 1 is 1.36 bits per heavy atom. The van der Waals surface area contributed by atoms with E-state index < -0.39 is 6.43 Å². The van der Waals surface area contributed by atoms with Gasteiger partial charge < -0.3 is 4.57 Å². The SMILES string of the molecule is FC(F)Cn1ccc2ccc(Cl)nc21. The minimum absolute atomic E-state index is 0.312. The Kier molecular flexibility index (Phi) is 2.37. The van der Waals surface area contributed by atoms with Crippen LogP contribution in [0.2, 0.25) is 5.15 Å². The van der Waals surface area contributed by atoms with Crippen molar-refractivity contribution in [1.82, 2.24) is 9.55 Å². The normalized spacial score (nSPS) is 11.4. The summed E-state index contributed by atoms with van der Waals surface area (Å²) in [6.45, 7) is -0.350. The molecule has 0 radical (unpaired) electrons. The predicted octanol–water partition coefficient (Wildman–Crippen LogP) is 2.95. The summed E-state index contributed by atoms with van der Waals surface area (Å²) in [7, 11) is 0. The van der Waals surface area contributed by atoms with Gasteiger partial charge in [0.05, 0.1) is 6.54 Å². The molecule has 0 aliphatic carbocycles. The van der Waals surface area contributed by atoms with Crippen LogP contribution in [0.15, 0.2) is 24.4 Å². The van der Waals surface area contributed by atoms with Gasteiger partial charge in [0.25, 0.3) is 6.43 Å². The molecule has 0 amide bonds. The molecule has 0 N–H and O–H groups in total. The summed E-state index contributed by atoms with van der Waals surface area (Å²) in [4.78, 5) is 3.98. The van der Waals surface area contributed by atoms with Crippen molar-refractivity contribution in [3.8, 4) is 0 Å². The van der Waals surface area contributed by atoms with E-state index in [2.05, 4.69) is 4.98 Å². The molecule has 0 saturated carbocycles. The van der Waals surface area contributed by atoms with Crippen molar-refractivity contribution in [2.24, 2.45) is 0 Å². The van der Waals surface area contributed by atoms with Gasteiger partial charge in [0.15, 0.2) is 0 Å². The van der Waals surface area contributed by atoms with Crippen molar-refractivity contribution < 1.29 is 8.78 Å². The van der Waals surface area contributed by atoms with E-state index >= 15 is 0 Å². The third kappa shape index (κ3) is 1.70. The highest BCUT2D eigenvalue weighted by Crippen LogP contribution is 2.17. The van der Waals surface area contributed by atoms with Crippen molar-refractivity contribution in [1.29, 1.82) is 0 Å². The van der Waals surface area contributed by atoms with Crippen molar-refractivity contribution in [3.63, 3.8) is 0 Å². The largest absolute Gasteiger partial charge is 0.327 e. The first-order valence-electron chi connectivity index (χ1n) is 4.06. The molecule has 2 heterocycles. The highest BCUT2D eigenvalue weighted by Gasteiger charge is 2.08. The number of nitrogens with zero attached hydrogens (tertiary/aromatic N) is 2. The second-order valence-corrected chi connectivity index (χ2v) is 3.29. The van der Waals surface area contributed by atoms with Crippen LogP contribution in [0.3, 0.4) is 0 Å². The molecule has 0 aliphatic rings. The number of rotatable bonds is 2. The van der Waals surface area contributed by atoms with Gasteiger partial charge in [0, 0.05) is 11.6 Å². The van der Waals surface area contributed by atoms with Crippen LogP contribution in [0.5, 0.6) is 0 Å². The Morgan fingerprint density at radius 2 is 2.14 bits per heavy atom. The van der Waals surface area contributed by atoms with Crippen molar-refractivity contribution >= 4 is 22.6 Å². The van der Waals surface area contributed by atoms with Gasteiger partial charge >= 0.3 is 0 Å². The molecule has 2 nitrogen and oxygen atoms in total. The molecule has 0 fully saturated rings. The van der Waals surface area contributed by atoms with Crippen molar-refractivity contribution in [2.45, 2.75) is 13.0 Å². The Labute approximate surface area is 84.1 Å². The van der Waals surface area contributed by atoms with Gasteiger partial charge in [-0.1, -0.05) is 11.6 Å². The number of halogens is 3. The molecule has 74 valence electrons. The molecule has 5 heteroatoms. The first-order valence-corrected chi connectivity index (χ1v) is 4.44. The van der Waals surface area contributed by atoms with Gasteiger partial charge in [-0.2, -0.15) is 0 Å². The second-order valence-electron chi connectivity index (χ2n) is 2.91. The van der Waals surface area contributed by atoms with Gasteiger partial charge in [0.1, 0.15) is 10.8 Å². The number of aromatic nitrogens is 2. The predicted molar refractivity (Wildman–Crippen MR) is 50.7 cm³/mol. The van der Waals surface area contributed by atoms with Crippen molar-refractivity contribution in [3.05, 3.63) is 29.5 Å². The Bertz CT molecular complexity index is 453. The maximum atomic E-state index is 12.1. The molecular formula is C9H7ClF2N2. The maximum Gasteiger partial charge on any atom is 0.256 e. The average Bonchev–Trinajstić information content (AvgIpc) is 2.47. The van der Waals surface area contributed by atoms with Gasteiger partial charge in [-0.05, 0) is 18.2 Å².